The molecule has 1 aromatic carbocycles. The first-order valence-corrected chi connectivity index (χ1v) is 19.8. The number of benzene rings is 1. The van der Waals surface area contributed by atoms with E-state index in [1.165, 1.54) is 39.5 Å². The van der Waals surface area contributed by atoms with Gasteiger partial charge in [-0.25, -0.2) is 0 Å². The molecule has 7 aliphatic heterocycles. The molecule has 0 aromatic heterocycles. The molecule has 2 saturated heterocycles. The zero-order valence-corrected chi connectivity index (χ0v) is 34.9. The number of ether oxygens (including phenoxy) is 4. The van der Waals surface area contributed by atoms with E-state index < -0.39 is 87.4 Å². The number of ketones is 3. The van der Waals surface area contributed by atoms with Gasteiger partial charge < -0.3 is 44.5 Å². The van der Waals surface area contributed by atoms with Gasteiger partial charge in [0.1, 0.15) is 17.2 Å². The smallest absolute Gasteiger partial charge is 0.312 e. The van der Waals surface area contributed by atoms with Crippen molar-refractivity contribution in [3.8, 4) is 11.5 Å². The number of hydrazone groups is 1. The van der Waals surface area contributed by atoms with Crippen LogP contribution in [0, 0.1) is 30.6 Å². The number of aliphatic hydroxyl groups excluding tert-OH is 2. The van der Waals surface area contributed by atoms with Gasteiger partial charge in [0, 0.05) is 75.0 Å². The number of hydrogen-bond acceptors (Lipinski definition) is 14. The summed E-state index contributed by atoms with van der Waals surface area (Å²) in [7, 11) is 3.44. The van der Waals surface area contributed by atoms with Gasteiger partial charge in [-0.3, -0.25) is 24.2 Å². The Morgan fingerprint density at radius 2 is 1.59 bits per heavy atom. The van der Waals surface area contributed by atoms with Crippen molar-refractivity contribution in [1.29, 1.82) is 0 Å². The largest absolute Gasteiger partial charge is 0.507 e. The van der Waals surface area contributed by atoms with Crippen LogP contribution in [0.3, 0.4) is 0 Å². The highest BCUT2D eigenvalue weighted by Gasteiger charge is 2.54. The third kappa shape index (κ3) is 7.43. The normalized spacial score (nSPS) is 37.1. The lowest BCUT2D eigenvalue weighted by Crippen LogP contribution is -2.60. The van der Waals surface area contributed by atoms with Gasteiger partial charge in [0.15, 0.2) is 5.78 Å². The van der Waals surface area contributed by atoms with Gasteiger partial charge in [-0.15, -0.1) is 0 Å². The fraction of sp³-hybridized carbons (Fsp3) is 0.558. The van der Waals surface area contributed by atoms with E-state index in [1.807, 2.05) is 33.9 Å². The fourth-order valence-electron chi connectivity index (χ4n) is 8.42. The number of methoxy groups -OCH3 is 1. The van der Waals surface area contributed by atoms with E-state index in [1.54, 1.807) is 37.9 Å². The number of piperazine rings is 1. The first-order valence-electron chi connectivity index (χ1n) is 19.8. The van der Waals surface area contributed by atoms with Crippen LogP contribution in [0.1, 0.15) is 85.1 Å². The topological polar surface area (TPSA) is 197 Å². The lowest BCUT2D eigenvalue weighted by Gasteiger charge is -2.54. The number of hydrogen-bond donors (Lipinski definition) is 4. The van der Waals surface area contributed by atoms with Crippen molar-refractivity contribution in [1.82, 2.24) is 15.2 Å². The maximum atomic E-state index is 14.6. The SMILES string of the molecule is CO[C@H]1/C=C/O[C@@]2(C)Oc3c(C)c(O)c4c(c3C2=O)C(=O)C(/C=N/N2CCN(C)CC2)=C(NC(=O)/C(C)=C\C=C\[C@]2(C)O[C@H]([C@@H](C)[C@@H](O)[C@@H](C)[C@H](O)[C@@H]1C)[C@H]2C)C4=O. The Kier molecular flexibility index (Phi) is 12.0. The van der Waals surface area contributed by atoms with Crippen molar-refractivity contribution in [2.24, 2.45) is 28.8 Å². The molecule has 9 rings (SSSR count). The Morgan fingerprint density at radius 3 is 2.22 bits per heavy atom. The third-order valence-electron chi connectivity index (χ3n) is 12.8. The van der Waals surface area contributed by atoms with E-state index in [9.17, 15) is 34.5 Å². The highest BCUT2D eigenvalue weighted by molar-refractivity contribution is 6.37. The molecule has 0 saturated carbocycles. The molecule has 15 heteroatoms. The molecule has 7 bridgehead atoms. The molecule has 1 aliphatic carbocycles. The molecule has 8 aliphatic rings. The minimum Gasteiger partial charge on any atom is -0.507 e. The summed E-state index contributed by atoms with van der Waals surface area (Å²) >= 11 is 0. The zero-order chi connectivity index (χ0) is 42.6. The van der Waals surface area contributed by atoms with E-state index in [4.69, 9.17) is 18.9 Å². The van der Waals surface area contributed by atoms with Crippen LogP contribution >= 0.6 is 0 Å². The summed E-state index contributed by atoms with van der Waals surface area (Å²) < 4.78 is 24.0. The number of nitrogens with one attached hydrogen (secondary N) is 1. The number of aromatic hydroxyl groups is 1. The molecule has 1 amide bonds. The Balaban J connectivity index is 1.46. The Labute approximate surface area is 339 Å². The highest BCUT2D eigenvalue weighted by Crippen LogP contribution is 2.49. The van der Waals surface area contributed by atoms with E-state index in [-0.39, 0.29) is 46.0 Å². The van der Waals surface area contributed by atoms with Gasteiger partial charge in [0.05, 0.1) is 64.8 Å². The summed E-state index contributed by atoms with van der Waals surface area (Å²) in [4.78, 5) is 59.3. The Morgan fingerprint density at radius 1 is 0.931 bits per heavy atom. The molecule has 15 nitrogen and oxygen atoms in total. The molecule has 2 fully saturated rings. The maximum absolute atomic E-state index is 14.6. The summed E-state index contributed by atoms with van der Waals surface area (Å²) in [6.45, 7) is 16.2. The number of amides is 1. The maximum Gasteiger partial charge on any atom is 0.312 e. The number of phenols is 1. The number of carbonyl (C=O) groups excluding carboxylic acids is 4. The molecule has 10 atom stereocenters. The Bertz CT molecular complexity index is 2030. The molecule has 1 aromatic rings. The van der Waals surface area contributed by atoms with E-state index in [2.05, 4.69) is 15.3 Å². The molecule has 4 N–H and O–H groups in total. The van der Waals surface area contributed by atoms with Gasteiger partial charge in [0.25, 0.3) is 11.7 Å². The monoisotopic (exact) mass is 804 g/mol. The summed E-state index contributed by atoms with van der Waals surface area (Å²) in [5.41, 5.74) is -2.30. The minimum absolute atomic E-state index is 0.0129. The van der Waals surface area contributed by atoms with Gasteiger partial charge in [-0.05, 0) is 33.9 Å². The molecular formula is C43H56N4O11. The van der Waals surface area contributed by atoms with Crippen molar-refractivity contribution < 1.29 is 53.4 Å². The fourth-order valence-corrected chi connectivity index (χ4v) is 8.42. The number of carbonyl (C=O) groups is 4. The number of likely N-dealkylation sites (N-methyl/N-ethyl adjacent to an activating group) is 1. The van der Waals surface area contributed by atoms with Crippen LogP contribution in [0.25, 0.3) is 0 Å². The predicted octanol–water partition coefficient (Wildman–Crippen LogP) is 3.46. The average Bonchev–Trinajstić information content (AvgIpc) is 3.46. The summed E-state index contributed by atoms with van der Waals surface area (Å²) in [5, 5.41) is 43.3. The van der Waals surface area contributed by atoms with Crippen molar-refractivity contribution in [2.45, 2.75) is 91.2 Å². The van der Waals surface area contributed by atoms with E-state index >= 15 is 0 Å². The second-order valence-corrected chi connectivity index (χ2v) is 16.7. The van der Waals surface area contributed by atoms with E-state index in [0.29, 0.717) is 26.2 Å². The second kappa shape index (κ2) is 16.2. The highest BCUT2D eigenvalue weighted by atomic mass is 16.7. The lowest BCUT2D eigenvalue weighted by molar-refractivity contribution is -0.251. The molecule has 0 radical (unpaired) electrons. The van der Waals surface area contributed by atoms with Crippen LogP contribution in [-0.2, 0) is 19.0 Å². The van der Waals surface area contributed by atoms with Crippen LogP contribution in [0.4, 0.5) is 0 Å². The molecule has 0 spiro atoms. The first-order chi connectivity index (χ1) is 27.3. The standard InChI is InChI=1S/C43H56N4O11/c1-21-12-11-14-42(7)26(6)38(57-42)24(4)34(49)23(3)33(48)22(2)28(55-10)13-19-56-43(8)40(53)31-29-30(35(50)25(5)39(31)58-43)37(52)32(45-41(21)54)27(36(29)51)20-44-47-17-15-46(9)16-18-47/h11-14,19-20,22-24,26,28,33-34,38,48-50H,15-18H2,1-10H3,(H,45,54)/b14-11+,19-13+,21-12-,44-20+/t22-,23+,24+,26-,28+,33-,34+,38-,42+,43+/m1/s1. The predicted molar refractivity (Wildman–Crippen MR) is 213 cm³/mol. The number of Topliss-reactive ketones (excluding diaryl/α,β-unsaturated/α-hetero) is 3. The van der Waals surface area contributed by atoms with Crippen molar-refractivity contribution in [3.63, 3.8) is 0 Å². The van der Waals surface area contributed by atoms with Crippen LogP contribution < -0.4 is 10.1 Å². The average molecular weight is 805 g/mol. The van der Waals surface area contributed by atoms with Crippen molar-refractivity contribution in [3.05, 3.63) is 69.7 Å². The van der Waals surface area contributed by atoms with Crippen molar-refractivity contribution in [2.75, 3.05) is 40.3 Å². The van der Waals surface area contributed by atoms with Crippen LogP contribution in [0.15, 0.2) is 52.5 Å². The number of allylic oxidation sites excluding steroid dienone is 4. The number of rotatable bonds is 3. The van der Waals surface area contributed by atoms with Gasteiger partial charge in [-0.2, -0.15) is 5.10 Å². The summed E-state index contributed by atoms with van der Waals surface area (Å²) in [5.74, 6) is -7.51. The lowest BCUT2D eigenvalue weighted by atomic mass is 9.70. The summed E-state index contributed by atoms with van der Waals surface area (Å²) in [6, 6.07) is 0. The Hall–Kier alpha value is -4.67. The quantitative estimate of drug-likeness (QED) is 0.325. The zero-order valence-electron chi connectivity index (χ0n) is 34.9. The molecule has 0 unspecified atom stereocenters. The second-order valence-electron chi connectivity index (χ2n) is 16.7. The van der Waals surface area contributed by atoms with Crippen LogP contribution in [0.2, 0.25) is 0 Å². The van der Waals surface area contributed by atoms with Gasteiger partial charge in [-0.1, -0.05) is 45.9 Å². The summed E-state index contributed by atoms with van der Waals surface area (Å²) in [6.07, 6.45) is 5.94. The molecular weight excluding hydrogens is 748 g/mol. The van der Waals surface area contributed by atoms with Gasteiger partial charge >= 0.3 is 5.79 Å². The number of nitrogens with zero attached hydrogens (tertiary/aromatic N) is 3. The van der Waals surface area contributed by atoms with Crippen LogP contribution in [0.5, 0.6) is 11.5 Å². The van der Waals surface area contributed by atoms with Gasteiger partial charge in [0.2, 0.25) is 5.78 Å². The third-order valence-corrected chi connectivity index (χ3v) is 12.8. The van der Waals surface area contributed by atoms with E-state index in [0.717, 1.165) is 0 Å². The minimum atomic E-state index is -2.05. The molecule has 58 heavy (non-hydrogen) atoms. The first kappa shape index (κ1) is 42.9. The molecule has 7 heterocycles. The number of phenolic OH excluding ortho intramolecular Hbond substituents is 1. The van der Waals surface area contributed by atoms with Crippen molar-refractivity contribution >= 4 is 29.5 Å². The van der Waals surface area contributed by atoms with Crippen LogP contribution in [-0.4, -0.2) is 131 Å². The number of aliphatic hydroxyl groups is 2. The molecule has 314 valence electrons.